The molecule has 2 heterocycles. The Morgan fingerprint density at radius 2 is 2.25 bits per heavy atom. The van der Waals surface area contributed by atoms with Gasteiger partial charge in [-0.25, -0.2) is 0 Å². The maximum absolute atomic E-state index is 8.75. The molecule has 1 fully saturated rings. The molecule has 0 saturated carbocycles. The lowest BCUT2D eigenvalue weighted by molar-refractivity contribution is -0.00901. The van der Waals surface area contributed by atoms with Gasteiger partial charge < -0.3 is 15.6 Å². The summed E-state index contributed by atoms with van der Waals surface area (Å²) in [6, 6.07) is 3.95. The highest BCUT2D eigenvalue weighted by atomic mass is 32.1. The van der Waals surface area contributed by atoms with E-state index in [9.17, 15) is 0 Å². The third kappa shape index (κ3) is 4.49. The van der Waals surface area contributed by atoms with E-state index in [2.05, 4.69) is 9.88 Å². The molecule has 0 spiro atoms. The van der Waals surface area contributed by atoms with Gasteiger partial charge in [-0.3, -0.25) is 9.88 Å². The van der Waals surface area contributed by atoms with Gasteiger partial charge in [0.05, 0.1) is 25.0 Å². The summed E-state index contributed by atoms with van der Waals surface area (Å²) in [4.78, 5) is 6.87. The normalized spacial score (nSPS) is 17.2. The molecule has 1 aromatic heterocycles. The quantitative estimate of drug-likeness (QED) is 0.752. The van der Waals surface area contributed by atoms with E-state index in [-0.39, 0.29) is 12.7 Å². The second-order valence-corrected chi connectivity index (χ2v) is 5.42. The van der Waals surface area contributed by atoms with Gasteiger partial charge in [0.15, 0.2) is 0 Å². The lowest BCUT2D eigenvalue weighted by atomic mass is 10.1. The number of hydrogen-bond acceptors (Lipinski definition) is 5. The standard InChI is InChI=1S/C14H21N3O2S/c15-14(20)13-9-11(1-4-16-13)10-17-5-2-12(3-6-17)19-8-7-18/h1,4,9,12,18H,2-3,5-8,10H2,(H2,15,20). The first-order valence-corrected chi connectivity index (χ1v) is 7.29. The molecule has 3 N–H and O–H groups in total. The number of nitrogens with two attached hydrogens (primary N) is 1. The summed E-state index contributed by atoms with van der Waals surface area (Å²) in [6.45, 7) is 3.41. The minimum absolute atomic E-state index is 0.0962. The Kier molecular flexibility index (Phi) is 5.85. The smallest absolute Gasteiger partial charge is 0.122 e. The number of aliphatic hydroxyl groups is 1. The van der Waals surface area contributed by atoms with E-state index in [0.717, 1.165) is 32.5 Å². The van der Waals surface area contributed by atoms with E-state index < -0.39 is 0 Å². The van der Waals surface area contributed by atoms with Gasteiger partial charge in [0, 0.05) is 25.8 Å². The number of thiocarbonyl (C=S) groups is 1. The second-order valence-electron chi connectivity index (χ2n) is 4.98. The molecule has 0 aromatic carbocycles. The SMILES string of the molecule is NC(=S)c1cc(CN2CCC(OCCO)CC2)ccn1. The Morgan fingerprint density at radius 1 is 1.50 bits per heavy atom. The van der Waals surface area contributed by atoms with Crippen LogP contribution in [0.4, 0.5) is 0 Å². The van der Waals surface area contributed by atoms with Gasteiger partial charge in [-0.15, -0.1) is 0 Å². The molecule has 0 aliphatic carbocycles. The molecule has 0 amide bonds. The summed E-state index contributed by atoms with van der Waals surface area (Å²) in [7, 11) is 0. The van der Waals surface area contributed by atoms with Crippen LogP contribution in [-0.4, -0.2) is 52.4 Å². The number of hydrogen-bond donors (Lipinski definition) is 2. The van der Waals surface area contributed by atoms with E-state index >= 15 is 0 Å². The highest BCUT2D eigenvalue weighted by molar-refractivity contribution is 7.80. The van der Waals surface area contributed by atoms with Crippen molar-refractivity contribution in [2.24, 2.45) is 5.73 Å². The average molecular weight is 295 g/mol. The predicted molar refractivity (Wildman–Crippen MR) is 81.5 cm³/mol. The molecule has 0 radical (unpaired) electrons. The molecule has 5 nitrogen and oxygen atoms in total. The predicted octanol–water partition coefficient (Wildman–Crippen LogP) is 0.689. The number of nitrogens with zero attached hydrogens (tertiary/aromatic N) is 2. The number of pyridine rings is 1. The van der Waals surface area contributed by atoms with Crippen LogP contribution in [0.3, 0.4) is 0 Å². The summed E-state index contributed by atoms with van der Waals surface area (Å²) >= 11 is 4.95. The van der Waals surface area contributed by atoms with Gasteiger partial charge >= 0.3 is 0 Å². The van der Waals surface area contributed by atoms with Crippen molar-refractivity contribution in [3.63, 3.8) is 0 Å². The first-order chi connectivity index (χ1) is 9.69. The second kappa shape index (κ2) is 7.64. The van der Waals surface area contributed by atoms with Crippen molar-refractivity contribution in [3.8, 4) is 0 Å². The van der Waals surface area contributed by atoms with Gasteiger partial charge in [-0.1, -0.05) is 12.2 Å². The molecule has 1 aromatic rings. The molecule has 1 saturated heterocycles. The molecule has 2 rings (SSSR count). The summed E-state index contributed by atoms with van der Waals surface area (Å²) in [5.74, 6) is 0. The summed E-state index contributed by atoms with van der Waals surface area (Å²) in [5.41, 5.74) is 7.46. The largest absolute Gasteiger partial charge is 0.394 e. The summed E-state index contributed by atoms with van der Waals surface area (Å²) in [6.07, 6.45) is 4.05. The fraction of sp³-hybridized carbons (Fsp3) is 0.571. The van der Waals surface area contributed by atoms with Crippen molar-refractivity contribution in [1.82, 2.24) is 9.88 Å². The van der Waals surface area contributed by atoms with Gasteiger partial charge in [0.25, 0.3) is 0 Å². The molecule has 6 heteroatoms. The van der Waals surface area contributed by atoms with Crippen molar-refractivity contribution in [3.05, 3.63) is 29.6 Å². The average Bonchev–Trinajstić information content (AvgIpc) is 2.47. The molecule has 0 atom stereocenters. The Bertz CT molecular complexity index is 448. The van der Waals surface area contributed by atoms with E-state index in [0.29, 0.717) is 17.3 Å². The van der Waals surface area contributed by atoms with Crippen LogP contribution in [0, 0.1) is 0 Å². The monoisotopic (exact) mass is 295 g/mol. The van der Waals surface area contributed by atoms with E-state index in [1.807, 2.05) is 12.1 Å². The minimum Gasteiger partial charge on any atom is -0.394 e. The molecule has 0 bridgehead atoms. The van der Waals surface area contributed by atoms with Crippen LogP contribution in [0.25, 0.3) is 0 Å². The Balaban J connectivity index is 1.83. The van der Waals surface area contributed by atoms with Gasteiger partial charge in [0.1, 0.15) is 4.99 Å². The topological polar surface area (TPSA) is 71.6 Å². The van der Waals surface area contributed by atoms with Crippen LogP contribution in [0.2, 0.25) is 0 Å². The van der Waals surface area contributed by atoms with Crippen LogP contribution in [0.1, 0.15) is 24.1 Å². The molecule has 0 unspecified atom stereocenters. The van der Waals surface area contributed by atoms with Crippen LogP contribution in [-0.2, 0) is 11.3 Å². The van der Waals surface area contributed by atoms with E-state index in [1.165, 1.54) is 5.56 Å². The zero-order chi connectivity index (χ0) is 14.4. The highest BCUT2D eigenvalue weighted by Gasteiger charge is 2.19. The van der Waals surface area contributed by atoms with Crippen molar-refractivity contribution >= 4 is 17.2 Å². The van der Waals surface area contributed by atoms with Crippen LogP contribution >= 0.6 is 12.2 Å². The van der Waals surface area contributed by atoms with Crippen LogP contribution in [0.5, 0.6) is 0 Å². The lowest BCUT2D eigenvalue weighted by Crippen LogP contribution is -2.37. The minimum atomic E-state index is 0.0962. The van der Waals surface area contributed by atoms with E-state index in [4.69, 9.17) is 27.8 Å². The van der Waals surface area contributed by atoms with Crippen LogP contribution in [0.15, 0.2) is 18.3 Å². The number of piperidine rings is 1. The number of rotatable bonds is 6. The van der Waals surface area contributed by atoms with Crippen molar-refractivity contribution in [2.75, 3.05) is 26.3 Å². The first-order valence-electron chi connectivity index (χ1n) is 6.88. The maximum Gasteiger partial charge on any atom is 0.122 e. The molecule has 1 aliphatic heterocycles. The Hall–Kier alpha value is -1.08. The lowest BCUT2D eigenvalue weighted by Gasteiger charge is -2.31. The zero-order valence-corrected chi connectivity index (χ0v) is 12.3. The van der Waals surface area contributed by atoms with Gasteiger partial charge in [-0.05, 0) is 30.5 Å². The Labute approximate surface area is 124 Å². The third-order valence-electron chi connectivity index (χ3n) is 3.46. The van der Waals surface area contributed by atoms with E-state index in [1.54, 1.807) is 6.20 Å². The van der Waals surface area contributed by atoms with Crippen LogP contribution < -0.4 is 5.73 Å². The first kappa shape index (κ1) is 15.3. The number of aliphatic hydroxyl groups excluding tert-OH is 1. The van der Waals surface area contributed by atoms with Crippen molar-refractivity contribution < 1.29 is 9.84 Å². The molecular formula is C14H21N3O2S. The number of ether oxygens (including phenoxy) is 1. The fourth-order valence-corrected chi connectivity index (χ4v) is 2.53. The maximum atomic E-state index is 8.75. The molecule has 110 valence electrons. The molecule has 20 heavy (non-hydrogen) atoms. The fourth-order valence-electron chi connectivity index (χ4n) is 2.42. The number of likely N-dealkylation sites (tertiary alicyclic amines) is 1. The molecular weight excluding hydrogens is 274 g/mol. The summed E-state index contributed by atoms with van der Waals surface area (Å²) < 4.78 is 5.56. The van der Waals surface area contributed by atoms with Gasteiger partial charge in [0.2, 0.25) is 0 Å². The van der Waals surface area contributed by atoms with Gasteiger partial charge in [-0.2, -0.15) is 0 Å². The van der Waals surface area contributed by atoms with Crippen molar-refractivity contribution in [1.29, 1.82) is 0 Å². The third-order valence-corrected chi connectivity index (χ3v) is 3.67. The highest BCUT2D eigenvalue weighted by Crippen LogP contribution is 2.16. The molecule has 1 aliphatic rings. The zero-order valence-electron chi connectivity index (χ0n) is 11.5. The Morgan fingerprint density at radius 3 is 2.90 bits per heavy atom. The van der Waals surface area contributed by atoms with Crippen molar-refractivity contribution in [2.45, 2.75) is 25.5 Å². The summed E-state index contributed by atoms with van der Waals surface area (Å²) in [5, 5.41) is 8.75. The number of aromatic nitrogens is 1.